The van der Waals surface area contributed by atoms with Crippen molar-refractivity contribution in [2.75, 3.05) is 0 Å². The maximum Gasteiger partial charge on any atom is 0.123 e. The van der Waals surface area contributed by atoms with Gasteiger partial charge in [-0.2, -0.15) is 0 Å². The lowest BCUT2D eigenvalue weighted by Gasteiger charge is -2.36. The Balaban J connectivity index is 2.12. The van der Waals surface area contributed by atoms with Gasteiger partial charge in [0, 0.05) is 0 Å². The van der Waals surface area contributed by atoms with E-state index >= 15 is 0 Å². The van der Waals surface area contributed by atoms with Gasteiger partial charge in [0.25, 0.3) is 0 Å². The van der Waals surface area contributed by atoms with Crippen LogP contribution < -0.4 is 0 Å². The summed E-state index contributed by atoms with van der Waals surface area (Å²) in [6.07, 6.45) is 3.57. The smallest absolute Gasteiger partial charge is 0.123 e. The fourth-order valence-corrected chi connectivity index (χ4v) is 3.36. The predicted octanol–water partition coefficient (Wildman–Crippen LogP) is 4.12. The molecule has 0 spiro atoms. The first kappa shape index (κ1) is 14.4. The largest absolute Gasteiger partial charge is 0.301 e. The summed E-state index contributed by atoms with van der Waals surface area (Å²) in [5.74, 6) is 0. The number of hydrogen-bond acceptors (Lipinski definition) is 2. The van der Waals surface area contributed by atoms with Gasteiger partial charge in [-0.1, -0.05) is 91.0 Å². The van der Waals surface area contributed by atoms with E-state index in [0.717, 1.165) is 0 Å². The number of aromatic nitrogens is 3. The third kappa shape index (κ3) is 2.22. The molecule has 0 N–H and O–H groups in total. The molecule has 0 atom stereocenters. The average Bonchev–Trinajstić information content (AvgIpc) is 3.20. The van der Waals surface area contributed by atoms with Crippen molar-refractivity contribution < 1.29 is 0 Å². The van der Waals surface area contributed by atoms with Crippen LogP contribution in [0.3, 0.4) is 0 Å². The number of hydrogen-bond donors (Lipinski definition) is 0. The molecule has 0 aliphatic carbocycles. The summed E-state index contributed by atoms with van der Waals surface area (Å²) in [7, 11) is 0. The SMILES string of the molecule is c1ccc(C(c2ccccc2)(c2ccccc2)n2cnnc2)cc1. The minimum atomic E-state index is -0.507. The summed E-state index contributed by atoms with van der Waals surface area (Å²) in [6.45, 7) is 0. The first-order chi connectivity index (χ1) is 11.9. The van der Waals surface area contributed by atoms with Gasteiger partial charge in [-0.15, -0.1) is 10.2 Å². The molecule has 0 bridgehead atoms. The zero-order valence-electron chi connectivity index (χ0n) is 13.2. The van der Waals surface area contributed by atoms with Gasteiger partial charge in [0.2, 0.25) is 0 Å². The van der Waals surface area contributed by atoms with Gasteiger partial charge in [-0.05, 0) is 16.7 Å². The van der Waals surface area contributed by atoms with Crippen molar-refractivity contribution in [3.05, 3.63) is 120 Å². The average molecular weight is 311 g/mol. The van der Waals surface area contributed by atoms with E-state index in [4.69, 9.17) is 0 Å². The highest BCUT2D eigenvalue weighted by molar-refractivity contribution is 5.50. The lowest BCUT2D eigenvalue weighted by molar-refractivity contribution is 0.513. The topological polar surface area (TPSA) is 30.7 Å². The molecule has 116 valence electrons. The zero-order chi connectivity index (χ0) is 16.2. The molecule has 1 heterocycles. The highest BCUT2D eigenvalue weighted by Gasteiger charge is 2.38. The Morgan fingerprint density at radius 2 is 0.833 bits per heavy atom. The third-order valence-corrected chi connectivity index (χ3v) is 4.38. The van der Waals surface area contributed by atoms with Crippen LogP contribution in [0, 0.1) is 0 Å². The molecular weight excluding hydrogens is 294 g/mol. The van der Waals surface area contributed by atoms with E-state index in [9.17, 15) is 0 Å². The molecule has 0 aliphatic heterocycles. The van der Waals surface area contributed by atoms with E-state index < -0.39 is 5.54 Å². The van der Waals surface area contributed by atoms with E-state index in [-0.39, 0.29) is 0 Å². The van der Waals surface area contributed by atoms with Crippen molar-refractivity contribution in [2.24, 2.45) is 0 Å². The Bertz CT molecular complexity index is 789. The molecule has 0 saturated heterocycles. The van der Waals surface area contributed by atoms with Crippen LogP contribution in [0.25, 0.3) is 0 Å². The second kappa shape index (κ2) is 6.13. The van der Waals surface area contributed by atoms with Crippen LogP contribution >= 0.6 is 0 Å². The Labute approximate surface area is 141 Å². The zero-order valence-corrected chi connectivity index (χ0v) is 13.2. The van der Waals surface area contributed by atoms with E-state index in [1.165, 1.54) is 16.7 Å². The molecule has 24 heavy (non-hydrogen) atoms. The van der Waals surface area contributed by atoms with Crippen LogP contribution in [0.5, 0.6) is 0 Å². The Morgan fingerprint density at radius 1 is 0.500 bits per heavy atom. The van der Waals surface area contributed by atoms with Crippen LogP contribution in [-0.2, 0) is 5.54 Å². The lowest BCUT2D eigenvalue weighted by Crippen LogP contribution is -2.36. The van der Waals surface area contributed by atoms with Crippen molar-refractivity contribution in [3.63, 3.8) is 0 Å². The standard InChI is InChI=1S/C21H17N3/c1-4-10-18(11-5-1)21(24-16-22-23-17-24,19-12-6-2-7-13-19)20-14-8-3-9-15-20/h1-17H. The van der Waals surface area contributed by atoms with E-state index in [1.54, 1.807) is 12.7 Å². The van der Waals surface area contributed by atoms with E-state index in [1.807, 2.05) is 18.2 Å². The molecule has 0 unspecified atom stereocenters. The molecule has 3 nitrogen and oxygen atoms in total. The molecule has 1 aromatic heterocycles. The Hall–Kier alpha value is -3.20. The molecule has 4 aromatic rings. The third-order valence-electron chi connectivity index (χ3n) is 4.38. The van der Waals surface area contributed by atoms with Gasteiger partial charge in [0.1, 0.15) is 18.2 Å². The summed E-state index contributed by atoms with van der Waals surface area (Å²) in [5, 5.41) is 8.16. The predicted molar refractivity (Wildman–Crippen MR) is 94.6 cm³/mol. The minimum absolute atomic E-state index is 0.507. The van der Waals surface area contributed by atoms with E-state index in [0.29, 0.717) is 0 Å². The van der Waals surface area contributed by atoms with Crippen LogP contribution in [0.1, 0.15) is 16.7 Å². The highest BCUT2D eigenvalue weighted by Crippen LogP contribution is 2.40. The minimum Gasteiger partial charge on any atom is -0.301 e. The van der Waals surface area contributed by atoms with Crippen LogP contribution in [-0.4, -0.2) is 14.8 Å². The molecule has 0 saturated carbocycles. The van der Waals surface area contributed by atoms with Crippen LogP contribution in [0.4, 0.5) is 0 Å². The molecular formula is C21H17N3. The van der Waals surface area contributed by atoms with Crippen molar-refractivity contribution in [1.82, 2.24) is 14.8 Å². The summed E-state index contributed by atoms with van der Waals surface area (Å²) < 4.78 is 2.08. The Kier molecular flexibility index (Phi) is 3.67. The van der Waals surface area contributed by atoms with Crippen molar-refractivity contribution in [2.45, 2.75) is 5.54 Å². The quantitative estimate of drug-likeness (QED) is 0.531. The number of nitrogens with zero attached hydrogens (tertiary/aromatic N) is 3. The summed E-state index contributed by atoms with van der Waals surface area (Å²) in [6, 6.07) is 31.4. The molecule has 0 radical (unpaired) electrons. The van der Waals surface area contributed by atoms with Gasteiger partial charge in [-0.3, -0.25) is 0 Å². The monoisotopic (exact) mass is 311 g/mol. The molecule has 3 heteroatoms. The molecule has 0 fully saturated rings. The first-order valence-corrected chi connectivity index (χ1v) is 7.94. The van der Waals surface area contributed by atoms with Crippen molar-refractivity contribution >= 4 is 0 Å². The van der Waals surface area contributed by atoms with Gasteiger partial charge in [0.05, 0.1) is 0 Å². The summed E-state index contributed by atoms with van der Waals surface area (Å²) in [5.41, 5.74) is 3.00. The van der Waals surface area contributed by atoms with Crippen molar-refractivity contribution in [3.8, 4) is 0 Å². The highest BCUT2D eigenvalue weighted by atomic mass is 15.3. The van der Waals surface area contributed by atoms with Gasteiger partial charge in [0.15, 0.2) is 0 Å². The second-order valence-electron chi connectivity index (χ2n) is 5.68. The Morgan fingerprint density at radius 3 is 1.17 bits per heavy atom. The number of benzene rings is 3. The van der Waals surface area contributed by atoms with Crippen LogP contribution in [0.2, 0.25) is 0 Å². The fraction of sp³-hybridized carbons (Fsp3) is 0.0476. The maximum absolute atomic E-state index is 4.08. The van der Waals surface area contributed by atoms with Gasteiger partial charge >= 0.3 is 0 Å². The maximum atomic E-state index is 4.08. The summed E-state index contributed by atoms with van der Waals surface area (Å²) in [4.78, 5) is 0. The van der Waals surface area contributed by atoms with Gasteiger partial charge < -0.3 is 4.57 Å². The second-order valence-corrected chi connectivity index (χ2v) is 5.68. The first-order valence-electron chi connectivity index (χ1n) is 7.94. The van der Waals surface area contributed by atoms with Crippen LogP contribution in [0.15, 0.2) is 104 Å². The van der Waals surface area contributed by atoms with Crippen molar-refractivity contribution in [1.29, 1.82) is 0 Å². The molecule has 0 aliphatic rings. The molecule has 0 amide bonds. The lowest BCUT2D eigenvalue weighted by atomic mass is 9.77. The molecule has 3 aromatic carbocycles. The fourth-order valence-electron chi connectivity index (χ4n) is 3.36. The van der Waals surface area contributed by atoms with Gasteiger partial charge in [-0.25, -0.2) is 0 Å². The number of rotatable bonds is 4. The normalized spacial score (nSPS) is 11.3. The van der Waals surface area contributed by atoms with E-state index in [2.05, 4.69) is 87.6 Å². The summed E-state index contributed by atoms with van der Waals surface area (Å²) >= 11 is 0. The molecule has 4 rings (SSSR count).